The van der Waals surface area contributed by atoms with Gasteiger partial charge in [-0.05, 0) is 19.8 Å². The average Bonchev–Trinajstić information content (AvgIpc) is 2.95. The molecule has 0 amide bonds. The fourth-order valence-electron chi connectivity index (χ4n) is 2.30. The molecule has 1 unspecified atom stereocenters. The van der Waals surface area contributed by atoms with Crippen molar-refractivity contribution in [1.29, 1.82) is 0 Å². The smallest absolute Gasteiger partial charge is 0.304 e. The van der Waals surface area contributed by atoms with Crippen LogP contribution in [0.3, 0.4) is 0 Å². The molecule has 8 heteroatoms. The summed E-state index contributed by atoms with van der Waals surface area (Å²) in [6, 6.07) is -0.464. The lowest BCUT2D eigenvalue weighted by Gasteiger charge is -2.21. The molecule has 1 aliphatic heterocycles. The summed E-state index contributed by atoms with van der Waals surface area (Å²) in [6.07, 6.45) is 4.06. The number of carboxylic acids is 1. The van der Waals surface area contributed by atoms with Gasteiger partial charge in [-0.1, -0.05) is 0 Å². The number of nitrogens with zero attached hydrogens (tertiary/aromatic N) is 3. The summed E-state index contributed by atoms with van der Waals surface area (Å²) in [5.41, 5.74) is 0. The third kappa shape index (κ3) is 2.79. The lowest BCUT2D eigenvalue weighted by atomic mass is 10.2. The highest BCUT2D eigenvalue weighted by atomic mass is 32.2. The molecule has 1 aliphatic rings. The molecule has 0 spiro atoms. The monoisotopic (exact) mass is 287 g/mol. The maximum absolute atomic E-state index is 12.4. The Balaban J connectivity index is 2.25. The molecule has 1 aromatic rings. The van der Waals surface area contributed by atoms with E-state index in [1.807, 2.05) is 6.92 Å². The predicted molar refractivity (Wildman–Crippen MR) is 67.1 cm³/mol. The summed E-state index contributed by atoms with van der Waals surface area (Å²) >= 11 is 0. The lowest BCUT2D eigenvalue weighted by Crippen LogP contribution is -2.37. The first-order chi connectivity index (χ1) is 8.95. The Morgan fingerprint density at radius 3 is 2.89 bits per heavy atom. The van der Waals surface area contributed by atoms with Crippen molar-refractivity contribution in [3.8, 4) is 0 Å². The first-order valence-corrected chi connectivity index (χ1v) is 7.64. The fourth-order valence-corrected chi connectivity index (χ4v) is 3.93. The molecule has 0 aromatic carbocycles. The van der Waals surface area contributed by atoms with Crippen LogP contribution in [-0.2, 0) is 21.4 Å². The highest BCUT2D eigenvalue weighted by molar-refractivity contribution is 7.89. The predicted octanol–water partition coefficient (Wildman–Crippen LogP) is 0.531. The van der Waals surface area contributed by atoms with Crippen LogP contribution in [0.15, 0.2) is 17.6 Å². The Hall–Kier alpha value is -1.41. The number of carboxylic acid groups (broad SMARTS) is 1. The number of imidazole rings is 1. The van der Waals surface area contributed by atoms with Gasteiger partial charge >= 0.3 is 5.97 Å². The van der Waals surface area contributed by atoms with Crippen LogP contribution >= 0.6 is 0 Å². The van der Waals surface area contributed by atoms with Crippen LogP contribution in [0.1, 0.15) is 26.2 Å². The van der Waals surface area contributed by atoms with Crippen LogP contribution in [0.25, 0.3) is 0 Å². The van der Waals surface area contributed by atoms with Crippen molar-refractivity contribution in [3.63, 3.8) is 0 Å². The van der Waals surface area contributed by atoms with E-state index in [1.165, 1.54) is 16.8 Å². The van der Waals surface area contributed by atoms with E-state index in [0.29, 0.717) is 25.9 Å². The molecule has 1 aromatic heterocycles. The second-order valence-electron chi connectivity index (χ2n) is 4.55. The van der Waals surface area contributed by atoms with Crippen molar-refractivity contribution in [2.75, 3.05) is 6.54 Å². The molecule has 0 bridgehead atoms. The minimum atomic E-state index is -3.68. The highest BCUT2D eigenvalue weighted by Gasteiger charge is 2.37. The summed E-state index contributed by atoms with van der Waals surface area (Å²) in [7, 11) is -3.68. The van der Waals surface area contributed by atoms with Crippen molar-refractivity contribution in [1.82, 2.24) is 13.9 Å². The SMILES string of the molecule is CCn1cnc(S(=O)(=O)N2CCCC2CC(=O)O)c1. The van der Waals surface area contributed by atoms with Gasteiger partial charge in [0.2, 0.25) is 0 Å². The molecule has 1 N–H and O–H groups in total. The Morgan fingerprint density at radius 2 is 2.32 bits per heavy atom. The largest absolute Gasteiger partial charge is 0.481 e. The zero-order valence-corrected chi connectivity index (χ0v) is 11.5. The quantitative estimate of drug-likeness (QED) is 0.852. The first kappa shape index (κ1) is 14.0. The summed E-state index contributed by atoms with van der Waals surface area (Å²) in [5, 5.41) is 8.82. The standard InChI is InChI=1S/C11H17N3O4S/c1-2-13-7-10(12-8-13)19(17,18)14-5-3-4-9(14)6-11(15)16/h7-9H,2-6H2,1H3,(H,15,16). The fraction of sp³-hybridized carbons (Fsp3) is 0.636. The van der Waals surface area contributed by atoms with E-state index in [4.69, 9.17) is 5.11 Å². The molecule has 2 rings (SSSR count). The maximum atomic E-state index is 12.4. The molecule has 7 nitrogen and oxygen atoms in total. The number of aromatic nitrogens is 2. The van der Waals surface area contributed by atoms with Gasteiger partial charge in [-0.3, -0.25) is 4.79 Å². The molecular weight excluding hydrogens is 270 g/mol. The number of rotatable bonds is 5. The van der Waals surface area contributed by atoms with Gasteiger partial charge in [0, 0.05) is 25.3 Å². The molecule has 0 radical (unpaired) electrons. The van der Waals surface area contributed by atoms with Crippen LogP contribution in [0, 0.1) is 0 Å². The summed E-state index contributed by atoms with van der Waals surface area (Å²) in [6.45, 7) is 2.89. The second kappa shape index (κ2) is 5.30. The van der Waals surface area contributed by atoms with Gasteiger partial charge in [0.15, 0.2) is 5.03 Å². The van der Waals surface area contributed by atoms with Gasteiger partial charge in [-0.2, -0.15) is 4.31 Å². The van der Waals surface area contributed by atoms with Crippen molar-refractivity contribution >= 4 is 16.0 Å². The second-order valence-corrected chi connectivity index (χ2v) is 6.39. The van der Waals surface area contributed by atoms with E-state index in [9.17, 15) is 13.2 Å². The topological polar surface area (TPSA) is 92.5 Å². The minimum absolute atomic E-state index is 0.00774. The third-order valence-electron chi connectivity index (χ3n) is 3.28. The molecule has 0 saturated carbocycles. The highest BCUT2D eigenvalue weighted by Crippen LogP contribution is 2.27. The Morgan fingerprint density at radius 1 is 1.58 bits per heavy atom. The van der Waals surface area contributed by atoms with E-state index in [1.54, 1.807) is 4.57 Å². The normalized spacial score (nSPS) is 20.8. The molecule has 2 heterocycles. The average molecular weight is 287 g/mol. The zero-order chi connectivity index (χ0) is 14.0. The lowest BCUT2D eigenvalue weighted by molar-refractivity contribution is -0.137. The summed E-state index contributed by atoms with van der Waals surface area (Å²) in [4.78, 5) is 14.7. The van der Waals surface area contributed by atoms with Gasteiger partial charge < -0.3 is 9.67 Å². The van der Waals surface area contributed by atoms with Crippen molar-refractivity contribution < 1.29 is 18.3 Å². The van der Waals surface area contributed by atoms with Crippen LogP contribution in [0.4, 0.5) is 0 Å². The van der Waals surface area contributed by atoms with Gasteiger partial charge in [-0.15, -0.1) is 0 Å². The molecule has 19 heavy (non-hydrogen) atoms. The number of hydrogen-bond acceptors (Lipinski definition) is 4. The molecule has 1 fully saturated rings. The molecular formula is C11H17N3O4S. The molecule has 1 saturated heterocycles. The van der Waals surface area contributed by atoms with Crippen LogP contribution in [0.2, 0.25) is 0 Å². The Kier molecular flexibility index (Phi) is 3.91. The van der Waals surface area contributed by atoms with Gasteiger partial charge in [0.1, 0.15) is 0 Å². The summed E-state index contributed by atoms with van der Waals surface area (Å²) in [5.74, 6) is -0.980. The van der Waals surface area contributed by atoms with Crippen molar-refractivity contribution in [2.45, 2.75) is 43.8 Å². The first-order valence-electron chi connectivity index (χ1n) is 6.20. The summed E-state index contributed by atoms with van der Waals surface area (Å²) < 4.78 is 27.8. The molecule has 1 atom stereocenters. The van der Waals surface area contributed by atoms with E-state index in [0.717, 1.165) is 0 Å². The van der Waals surface area contributed by atoms with Crippen LogP contribution < -0.4 is 0 Å². The zero-order valence-electron chi connectivity index (χ0n) is 10.7. The van der Waals surface area contributed by atoms with E-state index in [2.05, 4.69) is 4.98 Å². The number of carbonyl (C=O) groups is 1. The minimum Gasteiger partial charge on any atom is -0.481 e. The Bertz CT molecular complexity index is 566. The van der Waals surface area contributed by atoms with Gasteiger partial charge in [0.25, 0.3) is 10.0 Å². The van der Waals surface area contributed by atoms with Crippen molar-refractivity contribution in [3.05, 3.63) is 12.5 Å². The number of sulfonamides is 1. The Labute approximate surface area is 111 Å². The molecule has 0 aliphatic carbocycles. The van der Waals surface area contributed by atoms with Gasteiger partial charge in [-0.25, -0.2) is 13.4 Å². The number of hydrogen-bond donors (Lipinski definition) is 1. The van der Waals surface area contributed by atoms with Gasteiger partial charge in [0.05, 0.1) is 12.7 Å². The third-order valence-corrected chi connectivity index (χ3v) is 5.12. The van der Waals surface area contributed by atoms with E-state index < -0.39 is 22.0 Å². The van der Waals surface area contributed by atoms with Crippen molar-refractivity contribution in [2.24, 2.45) is 0 Å². The maximum Gasteiger partial charge on any atom is 0.304 e. The van der Waals surface area contributed by atoms with Crippen LogP contribution in [-0.4, -0.2) is 45.9 Å². The number of aryl methyl sites for hydroxylation is 1. The van der Waals surface area contributed by atoms with Crippen LogP contribution in [0.5, 0.6) is 0 Å². The molecule has 106 valence electrons. The number of aliphatic carboxylic acids is 1. The van der Waals surface area contributed by atoms with E-state index >= 15 is 0 Å². The van der Waals surface area contributed by atoms with E-state index in [-0.39, 0.29) is 11.4 Å².